The number of rotatable bonds is 10. The number of amides is 2. The van der Waals surface area contributed by atoms with E-state index in [1.807, 2.05) is 61.5 Å². The number of fused-ring (bicyclic) bond motifs is 2. The maximum absolute atomic E-state index is 14.3. The third-order valence-electron chi connectivity index (χ3n) is 7.76. The molecule has 2 aliphatic rings. The molecule has 0 spiro atoms. The first-order valence-corrected chi connectivity index (χ1v) is 15.1. The second kappa shape index (κ2) is 11.4. The number of sulfonamides is 1. The van der Waals surface area contributed by atoms with Crippen molar-refractivity contribution in [2.75, 3.05) is 13.1 Å². The topological polar surface area (TPSA) is 115 Å². The number of piperazine rings is 1. The van der Waals surface area contributed by atoms with Crippen LogP contribution in [0.25, 0.3) is 10.8 Å². The third kappa shape index (κ3) is 5.21. The van der Waals surface area contributed by atoms with Gasteiger partial charge in [0.1, 0.15) is 18.2 Å². The highest BCUT2D eigenvalue weighted by Crippen LogP contribution is 2.37. The Balaban J connectivity index is 1.60. The fraction of sp³-hybridized carbons (Fsp3) is 0.367. The zero-order chi connectivity index (χ0) is 28.4. The van der Waals surface area contributed by atoms with Gasteiger partial charge in [0.2, 0.25) is 21.8 Å². The van der Waals surface area contributed by atoms with E-state index in [1.54, 1.807) is 17.0 Å². The lowest BCUT2D eigenvalue weighted by atomic mass is 10.00. The molecule has 0 radical (unpaired) electrons. The van der Waals surface area contributed by atoms with Crippen molar-refractivity contribution in [3.8, 4) is 0 Å². The second-order valence-electron chi connectivity index (χ2n) is 10.4. The molecule has 2 amide bonds. The number of unbranched alkanes of at least 4 members (excludes halogenated alkanes) is 1. The quantitative estimate of drug-likeness (QED) is 0.404. The van der Waals surface area contributed by atoms with Crippen LogP contribution in [0.2, 0.25) is 0 Å². The Morgan fingerprint density at radius 2 is 1.62 bits per heavy atom. The summed E-state index contributed by atoms with van der Waals surface area (Å²) in [6.45, 7) is 2.49. The number of carboxylic acid groups (broad SMARTS) is 1. The van der Waals surface area contributed by atoms with Crippen molar-refractivity contribution in [2.24, 2.45) is 0 Å². The van der Waals surface area contributed by atoms with Gasteiger partial charge in [0.05, 0.1) is 11.4 Å². The van der Waals surface area contributed by atoms with Crippen molar-refractivity contribution in [3.63, 3.8) is 0 Å². The van der Waals surface area contributed by atoms with E-state index in [1.165, 1.54) is 15.3 Å². The number of nitrogens with zero attached hydrogens (tertiary/aromatic N) is 3. The molecule has 5 rings (SSSR count). The van der Waals surface area contributed by atoms with Crippen LogP contribution in [-0.4, -0.2) is 76.8 Å². The van der Waals surface area contributed by atoms with Gasteiger partial charge in [0, 0.05) is 19.4 Å². The zero-order valence-corrected chi connectivity index (χ0v) is 23.2. The lowest BCUT2D eigenvalue weighted by Gasteiger charge is -2.44. The summed E-state index contributed by atoms with van der Waals surface area (Å²) in [7, 11) is -4.25. The molecule has 2 saturated heterocycles. The summed E-state index contributed by atoms with van der Waals surface area (Å²) in [6.07, 6.45) is 0.323. The predicted octanol–water partition coefficient (Wildman–Crippen LogP) is 3.49. The Morgan fingerprint density at radius 1 is 0.925 bits per heavy atom. The summed E-state index contributed by atoms with van der Waals surface area (Å²) < 4.78 is 29.8. The lowest BCUT2D eigenvalue weighted by Crippen LogP contribution is -2.64. The number of aliphatic carboxylic acids is 1. The summed E-state index contributed by atoms with van der Waals surface area (Å²) >= 11 is 0. The summed E-state index contributed by atoms with van der Waals surface area (Å²) in [4.78, 5) is 42.3. The van der Waals surface area contributed by atoms with E-state index in [0.717, 1.165) is 29.2 Å². The fourth-order valence-electron chi connectivity index (χ4n) is 5.77. The van der Waals surface area contributed by atoms with Crippen LogP contribution in [-0.2, 0) is 30.8 Å². The number of carbonyl (C=O) groups excluding carboxylic acids is 2. The number of hydrogen-bond acceptors (Lipinski definition) is 5. The van der Waals surface area contributed by atoms with Gasteiger partial charge in [-0.25, -0.2) is 8.42 Å². The van der Waals surface area contributed by atoms with E-state index in [2.05, 4.69) is 0 Å². The Hall–Kier alpha value is -3.76. The fourth-order valence-corrected chi connectivity index (χ4v) is 7.54. The van der Waals surface area contributed by atoms with Gasteiger partial charge in [-0.2, -0.15) is 4.31 Å². The number of carbonyl (C=O) groups is 3. The molecule has 210 valence electrons. The molecule has 0 bridgehead atoms. The van der Waals surface area contributed by atoms with Gasteiger partial charge in [-0.1, -0.05) is 74.0 Å². The van der Waals surface area contributed by atoms with Crippen molar-refractivity contribution in [3.05, 3.63) is 78.4 Å². The molecule has 2 heterocycles. The molecule has 40 heavy (non-hydrogen) atoms. The highest BCUT2D eigenvalue weighted by molar-refractivity contribution is 7.89. The molecule has 3 atom stereocenters. The van der Waals surface area contributed by atoms with Crippen LogP contribution in [0.1, 0.15) is 38.2 Å². The van der Waals surface area contributed by atoms with Crippen LogP contribution in [0, 0.1) is 0 Å². The van der Waals surface area contributed by atoms with E-state index >= 15 is 0 Å². The molecule has 0 aliphatic carbocycles. The first-order chi connectivity index (χ1) is 19.2. The molecule has 1 N–H and O–H groups in total. The molecule has 0 saturated carbocycles. The van der Waals surface area contributed by atoms with Gasteiger partial charge >= 0.3 is 5.97 Å². The minimum absolute atomic E-state index is 0.0257. The van der Waals surface area contributed by atoms with Gasteiger partial charge in [-0.15, -0.1) is 0 Å². The monoisotopic (exact) mass is 563 g/mol. The van der Waals surface area contributed by atoms with Gasteiger partial charge in [-0.05, 0) is 41.3 Å². The van der Waals surface area contributed by atoms with E-state index in [0.29, 0.717) is 6.54 Å². The Labute approximate surface area is 234 Å². The summed E-state index contributed by atoms with van der Waals surface area (Å²) in [6, 6.07) is 19.4. The number of hydrogen-bond donors (Lipinski definition) is 1. The van der Waals surface area contributed by atoms with Crippen molar-refractivity contribution in [1.82, 2.24) is 14.1 Å². The zero-order valence-electron chi connectivity index (χ0n) is 22.3. The Kier molecular flexibility index (Phi) is 7.91. The standard InChI is InChI=1S/C30H33N3O6S/c1-2-3-17-31-20-27-32(26(29(31)36)18-21-9-5-4-6-10-21)30(37)25(15-16-28(34)35)33(27)40(38,39)24-14-13-22-11-7-8-12-23(22)19-24/h4-14,19,25-27H,2-3,15-18,20H2,1H3,(H,34,35). The van der Waals surface area contributed by atoms with Crippen LogP contribution >= 0.6 is 0 Å². The van der Waals surface area contributed by atoms with Gasteiger partial charge < -0.3 is 14.9 Å². The maximum atomic E-state index is 14.3. The van der Waals surface area contributed by atoms with Crippen molar-refractivity contribution < 1.29 is 27.9 Å². The third-order valence-corrected chi connectivity index (χ3v) is 9.66. The van der Waals surface area contributed by atoms with Gasteiger partial charge in [0.25, 0.3) is 0 Å². The highest BCUT2D eigenvalue weighted by Gasteiger charge is 2.58. The van der Waals surface area contributed by atoms with Crippen molar-refractivity contribution in [2.45, 2.75) is 62.2 Å². The SMILES string of the molecule is CCCCN1CC2N(C(=O)C(CCC(=O)O)N2S(=O)(=O)c2ccc3ccccc3c2)C(Cc2ccccc2)C1=O. The normalized spacial score (nSPS) is 21.7. The van der Waals surface area contributed by atoms with Crippen LogP contribution < -0.4 is 0 Å². The summed E-state index contributed by atoms with van der Waals surface area (Å²) in [5.74, 6) is -1.87. The van der Waals surface area contributed by atoms with Crippen LogP contribution in [0.3, 0.4) is 0 Å². The van der Waals surface area contributed by atoms with Crippen molar-refractivity contribution in [1.29, 1.82) is 0 Å². The molecule has 2 fully saturated rings. The number of carboxylic acids is 1. The largest absolute Gasteiger partial charge is 0.481 e. The van der Waals surface area contributed by atoms with Gasteiger partial charge in [0.15, 0.2) is 0 Å². The molecule has 2 aliphatic heterocycles. The number of benzene rings is 3. The maximum Gasteiger partial charge on any atom is 0.303 e. The Bertz CT molecular complexity index is 1530. The molecule has 3 aromatic rings. The predicted molar refractivity (Wildman–Crippen MR) is 150 cm³/mol. The molecule has 3 aromatic carbocycles. The van der Waals surface area contributed by atoms with Crippen LogP contribution in [0.15, 0.2) is 77.7 Å². The van der Waals surface area contributed by atoms with Crippen molar-refractivity contribution >= 4 is 38.6 Å². The molecular weight excluding hydrogens is 530 g/mol. The van der Waals surface area contributed by atoms with E-state index in [-0.39, 0.29) is 36.6 Å². The summed E-state index contributed by atoms with van der Waals surface area (Å²) in [5, 5.41) is 11.0. The van der Waals surface area contributed by atoms with Crippen LogP contribution in [0.4, 0.5) is 0 Å². The minimum Gasteiger partial charge on any atom is -0.481 e. The van der Waals surface area contributed by atoms with E-state index < -0.39 is 40.1 Å². The average molecular weight is 564 g/mol. The molecule has 3 unspecified atom stereocenters. The van der Waals surface area contributed by atoms with E-state index in [9.17, 15) is 27.9 Å². The molecule has 0 aromatic heterocycles. The first-order valence-electron chi connectivity index (χ1n) is 13.6. The average Bonchev–Trinajstić information content (AvgIpc) is 3.24. The highest BCUT2D eigenvalue weighted by atomic mass is 32.2. The minimum atomic E-state index is -4.25. The van der Waals surface area contributed by atoms with Crippen LogP contribution in [0.5, 0.6) is 0 Å². The lowest BCUT2D eigenvalue weighted by molar-refractivity contribution is -0.152. The summed E-state index contributed by atoms with van der Waals surface area (Å²) in [5.41, 5.74) is 0.850. The smallest absolute Gasteiger partial charge is 0.303 e. The Morgan fingerprint density at radius 3 is 2.33 bits per heavy atom. The molecule has 9 nitrogen and oxygen atoms in total. The van der Waals surface area contributed by atoms with E-state index in [4.69, 9.17) is 0 Å². The second-order valence-corrected chi connectivity index (χ2v) is 12.2. The first kappa shape index (κ1) is 27.8. The molecule has 10 heteroatoms. The van der Waals surface area contributed by atoms with Gasteiger partial charge in [-0.3, -0.25) is 14.4 Å². The molecular formula is C30H33N3O6S.